The molecule has 1 aromatic heterocycles. The molecule has 0 aromatic carbocycles. The molecular formula is C19H19F5N4O3. The molecule has 0 radical (unpaired) electrons. The Balaban J connectivity index is 1.73. The Hall–Kier alpha value is -2.73. The van der Waals surface area contributed by atoms with Crippen molar-refractivity contribution in [3.8, 4) is 0 Å². The van der Waals surface area contributed by atoms with Gasteiger partial charge in [0.1, 0.15) is 5.92 Å². The van der Waals surface area contributed by atoms with Gasteiger partial charge in [-0.15, -0.1) is 0 Å². The van der Waals surface area contributed by atoms with Crippen molar-refractivity contribution in [3.63, 3.8) is 0 Å². The highest BCUT2D eigenvalue weighted by Crippen LogP contribution is 2.31. The molecule has 1 saturated heterocycles. The van der Waals surface area contributed by atoms with Crippen molar-refractivity contribution in [2.75, 3.05) is 32.8 Å². The molecule has 2 aliphatic rings. The van der Waals surface area contributed by atoms with Crippen LogP contribution in [0.25, 0.3) is 0 Å². The van der Waals surface area contributed by atoms with Gasteiger partial charge in [-0.05, 0) is 6.08 Å². The lowest BCUT2D eigenvalue weighted by Crippen LogP contribution is -2.46. The van der Waals surface area contributed by atoms with Gasteiger partial charge in [0.15, 0.2) is 11.6 Å². The van der Waals surface area contributed by atoms with Crippen molar-refractivity contribution in [2.24, 2.45) is 5.92 Å². The molecular weight excluding hydrogens is 427 g/mol. The Morgan fingerprint density at radius 3 is 2.45 bits per heavy atom. The number of hydrogen-bond acceptors (Lipinski definition) is 6. The smallest absolute Gasteiger partial charge is 0.379 e. The van der Waals surface area contributed by atoms with Crippen molar-refractivity contribution in [3.05, 3.63) is 47.6 Å². The van der Waals surface area contributed by atoms with Gasteiger partial charge in [-0.25, -0.2) is 18.7 Å². The molecule has 7 nitrogen and oxygen atoms in total. The maximum Gasteiger partial charge on any atom is 0.419 e. The number of hydrogen-bond donors (Lipinski definition) is 1. The van der Waals surface area contributed by atoms with Crippen LogP contribution in [0.4, 0.5) is 22.0 Å². The molecule has 168 valence electrons. The molecule has 1 aliphatic heterocycles. The number of Topliss-reactive ketones (excluding diaryl/α,β-unsaturated/α-hetero) is 1. The standard InChI is InChI=1S/C19H19F5N4O3/c20-16(21)17-25-8-11(9-26-17)14(28-4-6-31-7-5-28)10-27-18(30)12-2-1-3-13(15(12)29)19(22,23)24/h1-3,8-9,12,14,16H,4-7,10H2,(H,27,30). The van der Waals surface area contributed by atoms with E-state index in [4.69, 9.17) is 4.74 Å². The molecule has 1 aliphatic carbocycles. The first-order chi connectivity index (χ1) is 14.7. The van der Waals surface area contributed by atoms with Crippen LogP contribution < -0.4 is 5.32 Å². The molecule has 2 heterocycles. The third-order valence-electron chi connectivity index (χ3n) is 4.93. The molecule has 2 atom stereocenters. The van der Waals surface area contributed by atoms with E-state index in [0.29, 0.717) is 37.9 Å². The Kier molecular flexibility index (Phi) is 7.11. The number of ketones is 1. The van der Waals surface area contributed by atoms with Crippen molar-refractivity contribution in [1.29, 1.82) is 0 Å². The van der Waals surface area contributed by atoms with Gasteiger partial charge in [0, 0.05) is 37.6 Å². The normalized spacial score (nSPS) is 21.2. The molecule has 3 rings (SSSR count). The minimum Gasteiger partial charge on any atom is -0.379 e. The van der Waals surface area contributed by atoms with Crippen LogP contribution in [-0.2, 0) is 14.3 Å². The van der Waals surface area contributed by atoms with Crippen LogP contribution in [0.3, 0.4) is 0 Å². The fourth-order valence-corrected chi connectivity index (χ4v) is 3.33. The van der Waals surface area contributed by atoms with E-state index in [2.05, 4.69) is 15.3 Å². The SMILES string of the molecule is O=C(NCC(c1cnc(C(F)F)nc1)N1CCOCC1)C1C=CC=C(C(F)(F)F)C1=O. The first kappa shape index (κ1) is 22.9. The number of carbonyl (C=O) groups excluding carboxylic acids is 2. The van der Waals surface area contributed by atoms with E-state index in [0.717, 1.165) is 12.2 Å². The predicted octanol–water partition coefficient (Wildman–Crippen LogP) is 2.15. The zero-order chi connectivity index (χ0) is 22.6. The van der Waals surface area contributed by atoms with Crippen LogP contribution in [0.5, 0.6) is 0 Å². The highest BCUT2D eigenvalue weighted by molar-refractivity contribution is 6.12. The van der Waals surface area contributed by atoms with Crippen LogP contribution in [0.15, 0.2) is 36.2 Å². The zero-order valence-corrected chi connectivity index (χ0v) is 16.1. The summed E-state index contributed by atoms with van der Waals surface area (Å²) in [5, 5.41) is 2.50. The summed E-state index contributed by atoms with van der Waals surface area (Å²) in [5.74, 6) is -4.47. The summed E-state index contributed by atoms with van der Waals surface area (Å²) in [6.45, 7) is 1.67. The van der Waals surface area contributed by atoms with Crippen molar-refractivity contribution in [2.45, 2.75) is 18.6 Å². The Labute approximate surface area is 174 Å². The average molecular weight is 446 g/mol. The lowest BCUT2D eigenvalue weighted by atomic mass is 9.91. The summed E-state index contributed by atoms with van der Waals surface area (Å²) >= 11 is 0. The molecule has 0 bridgehead atoms. The topological polar surface area (TPSA) is 84.4 Å². The number of nitrogens with one attached hydrogen (secondary N) is 1. The Bertz CT molecular complexity index is 864. The number of carbonyl (C=O) groups is 2. The number of nitrogens with zero attached hydrogens (tertiary/aromatic N) is 3. The number of ether oxygens (including phenoxy) is 1. The summed E-state index contributed by atoms with van der Waals surface area (Å²) in [4.78, 5) is 33.8. The lowest BCUT2D eigenvalue weighted by molar-refractivity contribution is -0.137. The van der Waals surface area contributed by atoms with Crippen LogP contribution in [0.2, 0.25) is 0 Å². The van der Waals surface area contributed by atoms with Crippen LogP contribution in [-0.4, -0.2) is 65.6 Å². The number of rotatable bonds is 6. The Morgan fingerprint density at radius 1 is 1.23 bits per heavy atom. The van der Waals surface area contributed by atoms with E-state index in [1.807, 2.05) is 4.90 Å². The molecule has 2 unspecified atom stereocenters. The van der Waals surface area contributed by atoms with E-state index in [9.17, 15) is 31.5 Å². The first-order valence-corrected chi connectivity index (χ1v) is 9.38. The third kappa shape index (κ3) is 5.50. The Morgan fingerprint density at radius 2 is 1.87 bits per heavy atom. The maximum atomic E-state index is 13.0. The van der Waals surface area contributed by atoms with Crippen LogP contribution in [0, 0.1) is 5.92 Å². The monoisotopic (exact) mass is 446 g/mol. The molecule has 1 aromatic rings. The van der Waals surface area contributed by atoms with Gasteiger partial charge in [0.25, 0.3) is 6.43 Å². The second-order valence-corrected chi connectivity index (χ2v) is 6.89. The minimum absolute atomic E-state index is 0.0844. The summed E-state index contributed by atoms with van der Waals surface area (Å²) in [7, 11) is 0. The van der Waals surface area contributed by atoms with Gasteiger partial charge in [0.05, 0.1) is 24.8 Å². The quantitative estimate of drug-likeness (QED) is 0.533. The first-order valence-electron chi connectivity index (χ1n) is 9.38. The number of allylic oxidation sites excluding steroid dienone is 3. The van der Waals surface area contributed by atoms with Gasteiger partial charge >= 0.3 is 6.18 Å². The summed E-state index contributed by atoms with van der Waals surface area (Å²) in [5.41, 5.74) is -0.955. The molecule has 1 fully saturated rings. The highest BCUT2D eigenvalue weighted by Gasteiger charge is 2.43. The summed E-state index contributed by atoms with van der Waals surface area (Å²) in [6.07, 6.45) is -2.52. The third-order valence-corrected chi connectivity index (χ3v) is 4.93. The van der Waals surface area contributed by atoms with E-state index in [1.165, 1.54) is 12.4 Å². The number of amides is 1. The largest absolute Gasteiger partial charge is 0.419 e. The van der Waals surface area contributed by atoms with Crippen molar-refractivity contribution >= 4 is 11.7 Å². The van der Waals surface area contributed by atoms with E-state index >= 15 is 0 Å². The predicted molar refractivity (Wildman–Crippen MR) is 96.9 cm³/mol. The van der Waals surface area contributed by atoms with Gasteiger partial charge in [-0.2, -0.15) is 13.2 Å². The second kappa shape index (κ2) is 9.60. The molecule has 31 heavy (non-hydrogen) atoms. The summed E-state index contributed by atoms with van der Waals surface area (Å²) in [6, 6.07) is -0.542. The number of morpholine rings is 1. The maximum absolute atomic E-state index is 13.0. The van der Waals surface area contributed by atoms with Gasteiger partial charge in [-0.1, -0.05) is 12.2 Å². The van der Waals surface area contributed by atoms with E-state index in [-0.39, 0.29) is 6.54 Å². The van der Waals surface area contributed by atoms with Crippen LogP contribution in [0.1, 0.15) is 23.9 Å². The molecule has 12 heteroatoms. The van der Waals surface area contributed by atoms with Gasteiger partial charge < -0.3 is 10.1 Å². The fourth-order valence-electron chi connectivity index (χ4n) is 3.33. The molecule has 1 amide bonds. The van der Waals surface area contributed by atoms with Crippen molar-refractivity contribution in [1.82, 2.24) is 20.2 Å². The van der Waals surface area contributed by atoms with Gasteiger partial charge in [0.2, 0.25) is 5.91 Å². The zero-order valence-electron chi connectivity index (χ0n) is 16.1. The average Bonchev–Trinajstić information content (AvgIpc) is 2.74. The number of halogens is 5. The fraction of sp³-hybridized carbons (Fsp3) is 0.474. The van der Waals surface area contributed by atoms with E-state index in [1.54, 1.807) is 0 Å². The summed E-state index contributed by atoms with van der Waals surface area (Å²) < 4.78 is 69.6. The van der Waals surface area contributed by atoms with Crippen LogP contribution >= 0.6 is 0 Å². The van der Waals surface area contributed by atoms with E-state index < -0.39 is 47.6 Å². The molecule has 0 saturated carbocycles. The molecule has 1 N–H and O–H groups in total. The van der Waals surface area contributed by atoms with Crippen molar-refractivity contribution < 1.29 is 36.3 Å². The number of alkyl halides is 5. The highest BCUT2D eigenvalue weighted by atomic mass is 19.4. The second-order valence-electron chi connectivity index (χ2n) is 6.89. The molecule has 0 spiro atoms. The van der Waals surface area contributed by atoms with Gasteiger partial charge in [-0.3, -0.25) is 14.5 Å². The lowest BCUT2D eigenvalue weighted by Gasteiger charge is -2.34. The number of aromatic nitrogens is 2. The minimum atomic E-state index is -4.86.